The van der Waals surface area contributed by atoms with Gasteiger partial charge in [0.1, 0.15) is 11.5 Å². The monoisotopic (exact) mass is 306 g/mol. The predicted octanol–water partition coefficient (Wildman–Crippen LogP) is 3.27. The number of rotatable bonds is 4. The van der Waals surface area contributed by atoms with Gasteiger partial charge >= 0.3 is 0 Å². The molecule has 0 aliphatic carbocycles. The molecule has 0 bridgehead atoms. The van der Waals surface area contributed by atoms with Crippen molar-refractivity contribution in [1.82, 2.24) is 10.2 Å². The highest BCUT2D eigenvalue weighted by Crippen LogP contribution is 2.22. The van der Waals surface area contributed by atoms with Gasteiger partial charge in [-0.1, -0.05) is 20.8 Å². The third-order valence-corrected chi connectivity index (χ3v) is 4.48. The van der Waals surface area contributed by atoms with Crippen LogP contribution in [0.25, 0.3) is 0 Å². The first-order valence-electron chi connectivity index (χ1n) is 8.32. The maximum atomic E-state index is 11.9. The van der Waals surface area contributed by atoms with Gasteiger partial charge in [-0.2, -0.15) is 0 Å². The number of amides is 1. The minimum atomic E-state index is -0.294. The first kappa shape index (κ1) is 17.1. The van der Waals surface area contributed by atoms with Crippen molar-refractivity contribution >= 4 is 5.91 Å². The number of nitrogens with one attached hydrogen (secondary N) is 1. The molecular weight excluding hydrogens is 276 g/mol. The highest BCUT2D eigenvalue weighted by atomic mass is 16.3. The molecule has 0 saturated carbocycles. The van der Waals surface area contributed by atoms with Gasteiger partial charge in [0, 0.05) is 24.1 Å². The second-order valence-corrected chi connectivity index (χ2v) is 7.62. The number of piperidine rings is 1. The first-order valence-corrected chi connectivity index (χ1v) is 8.32. The third-order valence-electron chi connectivity index (χ3n) is 4.48. The van der Waals surface area contributed by atoms with Gasteiger partial charge in [0.05, 0.1) is 0 Å². The summed E-state index contributed by atoms with van der Waals surface area (Å²) in [5.41, 5.74) is 1.01. The molecule has 4 nitrogen and oxygen atoms in total. The van der Waals surface area contributed by atoms with Gasteiger partial charge in [0.25, 0.3) is 0 Å². The molecule has 1 aliphatic rings. The average molecular weight is 306 g/mol. The summed E-state index contributed by atoms with van der Waals surface area (Å²) in [6, 6.07) is 2.14. The minimum Gasteiger partial charge on any atom is -0.466 e. The lowest BCUT2D eigenvalue weighted by atomic mass is 9.93. The van der Waals surface area contributed by atoms with Crippen LogP contribution in [0, 0.1) is 25.2 Å². The zero-order valence-corrected chi connectivity index (χ0v) is 14.7. The van der Waals surface area contributed by atoms with Crippen LogP contribution in [-0.2, 0) is 11.3 Å². The van der Waals surface area contributed by atoms with Gasteiger partial charge in [-0.25, -0.2) is 0 Å². The molecule has 0 radical (unpaired) electrons. The van der Waals surface area contributed by atoms with E-state index in [2.05, 4.69) is 16.3 Å². The van der Waals surface area contributed by atoms with Crippen molar-refractivity contribution in [3.05, 3.63) is 23.2 Å². The number of furan rings is 1. The molecule has 0 unspecified atom stereocenters. The van der Waals surface area contributed by atoms with E-state index in [0.29, 0.717) is 5.92 Å². The Kier molecular flexibility index (Phi) is 5.32. The highest BCUT2D eigenvalue weighted by Gasteiger charge is 2.24. The molecule has 4 heteroatoms. The van der Waals surface area contributed by atoms with E-state index in [9.17, 15) is 4.79 Å². The largest absolute Gasteiger partial charge is 0.466 e. The normalized spacial score (nSPS) is 17.7. The number of hydrogen-bond acceptors (Lipinski definition) is 3. The van der Waals surface area contributed by atoms with E-state index in [4.69, 9.17) is 4.42 Å². The number of carbonyl (C=O) groups excluding carboxylic acids is 1. The van der Waals surface area contributed by atoms with E-state index in [1.165, 1.54) is 5.56 Å². The zero-order valence-electron chi connectivity index (χ0n) is 14.7. The molecule has 22 heavy (non-hydrogen) atoms. The molecule has 1 aromatic rings. The van der Waals surface area contributed by atoms with Crippen LogP contribution in [0.5, 0.6) is 0 Å². The number of carbonyl (C=O) groups is 1. The van der Waals surface area contributed by atoms with E-state index in [-0.39, 0.29) is 11.3 Å². The van der Waals surface area contributed by atoms with Crippen LogP contribution in [0.15, 0.2) is 10.5 Å². The summed E-state index contributed by atoms with van der Waals surface area (Å²) in [4.78, 5) is 14.4. The summed E-state index contributed by atoms with van der Waals surface area (Å²) in [7, 11) is 0. The topological polar surface area (TPSA) is 45.5 Å². The van der Waals surface area contributed by atoms with E-state index in [1.54, 1.807) is 0 Å². The second kappa shape index (κ2) is 6.86. The molecule has 2 heterocycles. The Hall–Kier alpha value is -1.29. The van der Waals surface area contributed by atoms with Gasteiger partial charge in [0.2, 0.25) is 5.91 Å². The van der Waals surface area contributed by atoms with Crippen molar-refractivity contribution in [2.45, 2.75) is 54.0 Å². The summed E-state index contributed by atoms with van der Waals surface area (Å²) in [5, 5.41) is 3.10. The number of nitrogens with zero attached hydrogens (tertiary/aromatic N) is 1. The molecule has 1 N–H and O–H groups in total. The Morgan fingerprint density at radius 2 is 1.95 bits per heavy atom. The van der Waals surface area contributed by atoms with Gasteiger partial charge in [-0.15, -0.1) is 0 Å². The Bertz CT molecular complexity index is 506. The van der Waals surface area contributed by atoms with Gasteiger partial charge in [0.15, 0.2) is 0 Å². The molecule has 1 aromatic heterocycles. The van der Waals surface area contributed by atoms with Gasteiger partial charge in [-0.3, -0.25) is 9.69 Å². The third kappa shape index (κ3) is 4.60. The quantitative estimate of drug-likeness (QED) is 0.928. The molecule has 1 aliphatic heterocycles. The van der Waals surface area contributed by atoms with Crippen molar-refractivity contribution in [2.75, 3.05) is 19.6 Å². The van der Waals surface area contributed by atoms with Crippen molar-refractivity contribution in [3.63, 3.8) is 0 Å². The van der Waals surface area contributed by atoms with Crippen molar-refractivity contribution < 1.29 is 9.21 Å². The average Bonchev–Trinajstić information content (AvgIpc) is 2.74. The number of aryl methyl sites for hydroxylation is 2. The maximum Gasteiger partial charge on any atom is 0.225 e. The van der Waals surface area contributed by atoms with Crippen LogP contribution in [-0.4, -0.2) is 30.4 Å². The van der Waals surface area contributed by atoms with Crippen molar-refractivity contribution in [1.29, 1.82) is 0 Å². The van der Waals surface area contributed by atoms with E-state index in [0.717, 1.165) is 50.5 Å². The number of hydrogen-bond donors (Lipinski definition) is 1. The fourth-order valence-electron chi connectivity index (χ4n) is 2.93. The fourth-order valence-corrected chi connectivity index (χ4v) is 2.93. The van der Waals surface area contributed by atoms with Crippen molar-refractivity contribution in [2.24, 2.45) is 11.3 Å². The summed E-state index contributed by atoms with van der Waals surface area (Å²) in [5.74, 6) is 2.79. The Morgan fingerprint density at radius 1 is 1.32 bits per heavy atom. The molecule has 0 atom stereocenters. The van der Waals surface area contributed by atoms with Crippen LogP contribution in [0.4, 0.5) is 0 Å². The molecule has 2 rings (SSSR count). The molecule has 1 fully saturated rings. The van der Waals surface area contributed by atoms with Crippen LogP contribution in [0.2, 0.25) is 0 Å². The molecule has 0 spiro atoms. The standard InChI is InChI=1S/C18H30N2O2/c1-13-10-16(14(2)22-13)12-20-8-6-15(7-9-20)11-19-17(21)18(3,4)5/h10,15H,6-9,11-12H2,1-5H3,(H,19,21). The molecular formula is C18H30N2O2. The SMILES string of the molecule is Cc1cc(CN2CCC(CNC(=O)C(C)(C)C)CC2)c(C)o1. The van der Waals surface area contributed by atoms with Gasteiger partial charge < -0.3 is 9.73 Å². The summed E-state index contributed by atoms with van der Waals surface area (Å²) in [6.07, 6.45) is 2.31. The van der Waals surface area contributed by atoms with E-state index >= 15 is 0 Å². The molecule has 1 amide bonds. The first-order chi connectivity index (χ1) is 10.3. The zero-order chi connectivity index (χ0) is 16.3. The van der Waals surface area contributed by atoms with Crippen LogP contribution in [0.3, 0.4) is 0 Å². The van der Waals surface area contributed by atoms with Crippen LogP contribution in [0.1, 0.15) is 50.7 Å². The van der Waals surface area contributed by atoms with Crippen molar-refractivity contribution in [3.8, 4) is 0 Å². The van der Waals surface area contributed by atoms with Crippen LogP contribution < -0.4 is 5.32 Å². The Morgan fingerprint density at radius 3 is 2.45 bits per heavy atom. The number of likely N-dealkylation sites (tertiary alicyclic amines) is 1. The van der Waals surface area contributed by atoms with E-state index < -0.39 is 0 Å². The lowest BCUT2D eigenvalue weighted by molar-refractivity contribution is -0.128. The Labute approximate surface area is 134 Å². The second-order valence-electron chi connectivity index (χ2n) is 7.62. The lowest BCUT2D eigenvalue weighted by Gasteiger charge is -2.32. The smallest absolute Gasteiger partial charge is 0.225 e. The maximum absolute atomic E-state index is 11.9. The summed E-state index contributed by atoms with van der Waals surface area (Å²) in [6.45, 7) is 13.9. The summed E-state index contributed by atoms with van der Waals surface area (Å²) < 4.78 is 5.60. The van der Waals surface area contributed by atoms with Crippen LogP contribution >= 0.6 is 0 Å². The molecule has 124 valence electrons. The molecule has 1 saturated heterocycles. The predicted molar refractivity (Wildman–Crippen MR) is 88.6 cm³/mol. The highest BCUT2D eigenvalue weighted by molar-refractivity contribution is 5.81. The fraction of sp³-hybridized carbons (Fsp3) is 0.722. The minimum absolute atomic E-state index is 0.152. The molecule has 0 aromatic carbocycles. The van der Waals surface area contributed by atoms with E-state index in [1.807, 2.05) is 34.6 Å². The summed E-state index contributed by atoms with van der Waals surface area (Å²) >= 11 is 0. The lowest BCUT2D eigenvalue weighted by Crippen LogP contribution is -2.41. The van der Waals surface area contributed by atoms with Gasteiger partial charge in [-0.05, 0) is 51.8 Å². The Balaban J connectivity index is 1.74.